The third-order valence-corrected chi connectivity index (χ3v) is 4.40. The minimum Gasteiger partial charge on any atom is -0.454 e. The molecule has 24 heavy (non-hydrogen) atoms. The van der Waals surface area contributed by atoms with Gasteiger partial charge in [-0.3, -0.25) is 9.59 Å². The summed E-state index contributed by atoms with van der Waals surface area (Å²) in [5.74, 6) is 0.965. The summed E-state index contributed by atoms with van der Waals surface area (Å²) in [4.78, 5) is 24.5. The molecule has 0 saturated heterocycles. The van der Waals surface area contributed by atoms with Gasteiger partial charge >= 0.3 is 0 Å². The molecule has 0 fully saturated rings. The lowest BCUT2D eigenvalue weighted by atomic mass is 9.85. The number of benzene rings is 2. The van der Waals surface area contributed by atoms with Crippen LogP contribution in [0.25, 0.3) is 0 Å². The summed E-state index contributed by atoms with van der Waals surface area (Å²) in [5, 5.41) is 5.67. The van der Waals surface area contributed by atoms with Crippen LogP contribution in [-0.4, -0.2) is 18.6 Å². The number of amides is 2. The predicted molar refractivity (Wildman–Crippen MR) is 88.6 cm³/mol. The van der Waals surface area contributed by atoms with Crippen LogP contribution in [0.5, 0.6) is 11.5 Å². The number of carbonyl (C=O) groups is 2. The minimum atomic E-state index is -0.648. The van der Waals surface area contributed by atoms with Crippen LogP contribution < -0.4 is 20.1 Å². The average molecular weight is 324 g/mol. The molecule has 2 aromatic rings. The third-order valence-electron chi connectivity index (χ3n) is 4.40. The number of anilines is 2. The molecule has 2 aliphatic heterocycles. The number of fused-ring (bicyclic) bond motifs is 2. The molecule has 0 radical (unpaired) electrons. The van der Waals surface area contributed by atoms with E-state index in [0.29, 0.717) is 22.7 Å². The Hall–Kier alpha value is -3.02. The first kappa shape index (κ1) is 14.6. The molecule has 0 aromatic heterocycles. The number of ether oxygens (including phenoxy) is 2. The van der Waals surface area contributed by atoms with E-state index >= 15 is 0 Å². The maximum atomic E-state index is 12.5. The Labute approximate surface area is 138 Å². The molecule has 2 N–H and O–H groups in total. The zero-order valence-corrected chi connectivity index (χ0v) is 13.3. The Morgan fingerprint density at radius 2 is 1.92 bits per heavy atom. The number of rotatable bonds is 2. The summed E-state index contributed by atoms with van der Waals surface area (Å²) < 4.78 is 10.6. The van der Waals surface area contributed by atoms with E-state index in [4.69, 9.17) is 9.47 Å². The Bertz CT molecular complexity index is 873. The minimum absolute atomic E-state index is 0.0640. The van der Waals surface area contributed by atoms with Gasteiger partial charge in [-0.1, -0.05) is 0 Å². The average Bonchev–Trinajstić information content (AvgIpc) is 3.10. The first-order chi connectivity index (χ1) is 11.4. The second-order valence-electron chi connectivity index (χ2n) is 6.36. The molecule has 0 bridgehead atoms. The van der Waals surface area contributed by atoms with Crippen LogP contribution in [0.1, 0.15) is 29.8 Å². The van der Waals surface area contributed by atoms with Crippen molar-refractivity contribution in [2.45, 2.75) is 19.3 Å². The molecule has 0 saturated carbocycles. The smallest absolute Gasteiger partial charge is 0.255 e. The van der Waals surface area contributed by atoms with E-state index in [1.165, 1.54) is 0 Å². The first-order valence-electron chi connectivity index (χ1n) is 7.62. The van der Waals surface area contributed by atoms with Gasteiger partial charge in [0.25, 0.3) is 5.91 Å². The van der Waals surface area contributed by atoms with Gasteiger partial charge in [0.15, 0.2) is 11.5 Å². The Morgan fingerprint density at radius 1 is 1.12 bits per heavy atom. The van der Waals surface area contributed by atoms with Gasteiger partial charge in [0, 0.05) is 23.0 Å². The van der Waals surface area contributed by atoms with Crippen molar-refractivity contribution in [2.24, 2.45) is 0 Å². The molecule has 2 aliphatic rings. The van der Waals surface area contributed by atoms with Crippen molar-refractivity contribution < 1.29 is 19.1 Å². The molecule has 0 aliphatic carbocycles. The van der Waals surface area contributed by atoms with Gasteiger partial charge in [-0.2, -0.15) is 0 Å². The molecular weight excluding hydrogens is 308 g/mol. The fraction of sp³-hybridized carbons (Fsp3) is 0.222. The van der Waals surface area contributed by atoms with E-state index in [0.717, 1.165) is 11.3 Å². The van der Waals surface area contributed by atoms with Crippen molar-refractivity contribution in [3.8, 4) is 11.5 Å². The van der Waals surface area contributed by atoms with Gasteiger partial charge in [0.2, 0.25) is 12.7 Å². The summed E-state index contributed by atoms with van der Waals surface area (Å²) in [5.41, 5.74) is 2.05. The summed E-state index contributed by atoms with van der Waals surface area (Å²) in [6.07, 6.45) is 0. The molecular formula is C18H16N2O4. The highest BCUT2D eigenvalue weighted by Crippen LogP contribution is 2.38. The molecule has 6 heteroatoms. The predicted octanol–water partition coefficient (Wildman–Crippen LogP) is 2.90. The maximum Gasteiger partial charge on any atom is 0.255 e. The largest absolute Gasteiger partial charge is 0.454 e. The number of nitrogens with one attached hydrogen (secondary N) is 2. The molecule has 0 atom stereocenters. The van der Waals surface area contributed by atoms with Crippen molar-refractivity contribution in [3.63, 3.8) is 0 Å². The molecule has 2 aromatic carbocycles. The van der Waals surface area contributed by atoms with E-state index in [9.17, 15) is 9.59 Å². The zero-order valence-electron chi connectivity index (χ0n) is 13.3. The van der Waals surface area contributed by atoms with Gasteiger partial charge in [0.1, 0.15) is 0 Å². The van der Waals surface area contributed by atoms with Crippen LogP contribution >= 0.6 is 0 Å². The lowest BCUT2D eigenvalue weighted by Crippen LogP contribution is -2.27. The molecule has 0 unspecified atom stereocenters. The second-order valence-corrected chi connectivity index (χ2v) is 6.36. The molecule has 4 rings (SSSR count). The van der Waals surface area contributed by atoms with E-state index in [-0.39, 0.29) is 18.6 Å². The van der Waals surface area contributed by atoms with Crippen molar-refractivity contribution in [1.82, 2.24) is 0 Å². The van der Waals surface area contributed by atoms with E-state index in [1.807, 2.05) is 13.8 Å². The van der Waals surface area contributed by atoms with E-state index in [1.54, 1.807) is 36.4 Å². The quantitative estimate of drug-likeness (QED) is 0.890. The van der Waals surface area contributed by atoms with Gasteiger partial charge in [0.05, 0.1) is 5.41 Å². The Kier molecular flexibility index (Phi) is 3.03. The molecule has 122 valence electrons. The first-order valence-corrected chi connectivity index (χ1v) is 7.62. The maximum absolute atomic E-state index is 12.5. The number of hydrogen-bond donors (Lipinski definition) is 2. The Morgan fingerprint density at radius 3 is 2.75 bits per heavy atom. The number of hydrogen-bond acceptors (Lipinski definition) is 4. The topological polar surface area (TPSA) is 76.7 Å². The second kappa shape index (κ2) is 4.99. The van der Waals surface area contributed by atoms with Crippen LogP contribution in [0, 0.1) is 0 Å². The van der Waals surface area contributed by atoms with E-state index in [2.05, 4.69) is 10.6 Å². The van der Waals surface area contributed by atoms with Crippen molar-refractivity contribution in [2.75, 3.05) is 17.4 Å². The van der Waals surface area contributed by atoms with Crippen LogP contribution in [-0.2, 0) is 10.2 Å². The molecule has 2 amide bonds. The molecule has 6 nitrogen and oxygen atoms in total. The van der Waals surface area contributed by atoms with Crippen molar-refractivity contribution >= 4 is 23.2 Å². The summed E-state index contributed by atoms with van der Waals surface area (Å²) in [6.45, 7) is 3.87. The fourth-order valence-electron chi connectivity index (χ4n) is 2.89. The highest BCUT2D eigenvalue weighted by molar-refractivity contribution is 6.09. The SMILES string of the molecule is CC1(C)C(=O)Nc2ccc(C(=O)Nc3ccc4c(c3)OCO4)cc21. The standard InChI is InChI=1S/C18H16N2O4/c1-18(2)12-7-10(3-5-13(12)20-17(18)22)16(21)19-11-4-6-14-15(8-11)24-9-23-14/h3-8H,9H2,1-2H3,(H,19,21)(H,20,22). The van der Waals surface area contributed by atoms with Crippen LogP contribution in [0.15, 0.2) is 36.4 Å². The summed E-state index contributed by atoms with van der Waals surface area (Å²) >= 11 is 0. The van der Waals surface area contributed by atoms with Crippen LogP contribution in [0.4, 0.5) is 11.4 Å². The van der Waals surface area contributed by atoms with Gasteiger partial charge in [-0.05, 0) is 49.7 Å². The van der Waals surface area contributed by atoms with Gasteiger partial charge in [-0.15, -0.1) is 0 Å². The van der Waals surface area contributed by atoms with Gasteiger partial charge < -0.3 is 20.1 Å². The van der Waals surface area contributed by atoms with Crippen molar-refractivity contribution in [3.05, 3.63) is 47.5 Å². The fourth-order valence-corrected chi connectivity index (χ4v) is 2.89. The highest BCUT2D eigenvalue weighted by atomic mass is 16.7. The van der Waals surface area contributed by atoms with E-state index < -0.39 is 5.41 Å². The monoisotopic (exact) mass is 324 g/mol. The zero-order chi connectivity index (χ0) is 16.9. The van der Waals surface area contributed by atoms with Crippen LogP contribution in [0.3, 0.4) is 0 Å². The van der Waals surface area contributed by atoms with Crippen LogP contribution in [0.2, 0.25) is 0 Å². The lowest BCUT2D eigenvalue weighted by molar-refractivity contribution is -0.119. The molecule has 2 heterocycles. The van der Waals surface area contributed by atoms with Crippen molar-refractivity contribution in [1.29, 1.82) is 0 Å². The third kappa shape index (κ3) is 2.19. The van der Waals surface area contributed by atoms with Gasteiger partial charge in [-0.25, -0.2) is 0 Å². The highest BCUT2D eigenvalue weighted by Gasteiger charge is 2.38. The normalized spacial score (nSPS) is 16.5. The molecule has 0 spiro atoms. The summed E-state index contributed by atoms with van der Waals surface area (Å²) in [7, 11) is 0. The number of carbonyl (C=O) groups excluding carboxylic acids is 2. The Balaban J connectivity index is 1.60. The summed E-state index contributed by atoms with van der Waals surface area (Å²) in [6, 6.07) is 10.5. The lowest BCUT2D eigenvalue weighted by Gasteiger charge is -2.15.